The minimum absolute atomic E-state index is 0.0117. The second-order valence-electron chi connectivity index (χ2n) is 4.31. The summed E-state index contributed by atoms with van der Waals surface area (Å²) in [5.41, 5.74) is -0.944. The summed E-state index contributed by atoms with van der Waals surface area (Å²) in [6.45, 7) is 1.49. The fourth-order valence-corrected chi connectivity index (χ4v) is 2.11. The number of allylic oxidation sites excluding steroid dienone is 1. The van der Waals surface area contributed by atoms with Gasteiger partial charge < -0.3 is 14.6 Å². The molecule has 21 heavy (non-hydrogen) atoms. The van der Waals surface area contributed by atoms with E-state index in [1.54, 1.807) is 12.1 Å². The van der Waals surface area contributed by atoms with E-state index in [2.05, 4.69) is 15.9 Å². The van der Waals surface area contributed by atoms with Crippen molar-refractivity contribution in [3.63, 3.8) is 0 Å². The quantitative estimate of drug-likeness (QED) is 0.656. The summed E-state index contributed by atoms with van der Waals surface area (Å²) in [6.07, 6.45) is 2.43. The average Bonchev–Trinajstić information content (AvgIpc) is 2.38. The summed E-state index contributed by atoms with van der Waals surface area (Å²) in [4.78, 5) is 23.6. The fraction of sp³-hybridized carbons (Fsp3) is 0.0667. The highest BCUT2D eigenvalue weighted by atomic mass is 79.9. The van der Waals surface area contributed by atoms with Gasteiger partial charge in [-0.3, -0.25) is 4.79 Å². The molecule has 6 heteroatoms. The zero-order valence-corrected chi connectivity index (χ0v) is 12.5. The molecule has 0 saturated heterocycles. The van der Waals surface area contributed by atoms with Crippen molar-refractivity contribution in [1.82, 2.24) is 0 Å². The number of halogens is 1. The summed E-state index contributed by atoms with van der Waals surface area (Å²) in [5, 5.41) is 19.3. The Labute approximate surface area is 128 Å². The number of aromatic hydroxyl groups is 2. The van der Waals surface area contributed by atoms with Crippen LogP contribution in [0.1, 0.15) is 21.7 Å². The first kappa shape index (κ1) is 15.1. The smallest absolute Gasteiger partial charge is 0.351 e. The Morgan fingerprint density at radius 1 is 1.24 bits per heavy atom. The van der Waals surface area contributed by atoms with Gasteiger partial charge in [0.1, 0.15) is 22.8 Å². The molecule has 0 spiro atoms. The van der Waals surface area contributed by atoms with E-state index in [0.29, 0.717) is 5.56 Å². The predicted octanol–water partition coefficient (Wildman–Crippen LogP) is 3.02. The van der Waals surface area contributed by atoms with Crippen LogP contribution in [-0.4, -0.2) is 16.0 Å². The standard InChI is InChI=1S/C15H11BrO5/c1-8-6-13(19)14(15(20)21-8)12(18)4-2-9-7-10(16)3-5-11(9)17/h2-7,17,19H,1H3/b4-2+. The highest BCUT2D eigenvalue weighted by molar-refractivity contribution is 9.10. The number of ketones is 1. The number of aryl methyl sites for hydroxylation is 1. The first-order chi connectivity index (χ1) is 9.88. The van der Waals surface area contributed by atoms with Crippen molar-refractivity contribution in [2.24, 2.45) is 0 Å². The van der Waals surface area contributed by atoms with Crippen LogP contribution in [0.5, 0.6) is 11.5 Å². The molecule has 2 rings (SSSR count). The monoisotopic (exact) mass is 350 g/mol. The van der Waals surface area contributed by atoms with Crippen molar-refractivity contribution in [3.8, 4) is 11.5 Å². The van der Waals surface area contributed by atoms with Gasteiger partial charge in [-0.15, -0.1) is 0 Å². The molecule has 0 bridgehead atoms. The molecule has 0 fully saturated rings. The lowest BCUT2D eigenvalue weighted by Crippen LogP contribution is -2.12. The highest BCUT2D eigenvalue weighted by Crippen LogP contribution is 2.23. The Hall–Kier alpha value is -2.34. The van der Waals surface area contributed by atoms with Crippen LogP contribution in [-0.2, 0) is 0 Å². The normalized spacial score (nSPS) is 11.0. The molecule has 108 valence electrons. The lowest BCUT2D eigenvalue weighted by molar-refractivity contribution is 0.104. The molecule has 0 radical (unpaired) electrons. The summed E-state index contributed by atoms with van der Waals surface area (Å²) in [7, 11) is 0. The topological polar surface area (TPSA) is 87.7 Å². The van der Waals surface area contributed by atoms with Gasteiger partial charge in [0.15, 0.2) is 5.78 Å². The number of phenols is 1. The van der Waals surface area contributed by atoms with Crippen LogP contribution in [0.3, 0.4) is 0 Å². The molecular formula is C15H11BrO5. The molecule has 0 aliphatic rings. The molecule has 0 saturated carbocycles. The maximum atomic E-state index is 12.0. The van der Waals surface area contributed by atoms with Gasteiger partial charge in [-0.2, -0.15) is 0 Å². The fourth-order valence-electron chi connectivity index (χ4n) is 1.73. The van der Waals surface area contributed by atoms with Gasteiger partial charge in [-0.05, 0) is 37.3 Å². The van der Waals surface area contributed by atoms with Crippen LogP contribution < -0.4 is 5.63 Å². The zero-order chi connectivity index (χ0) is 15.6. The molecule has 1 aromatic carbocycles. The molecular weight excluding hydrogens is 340 g/mol. The second-order valence-corrected chi connectivity index (χ2v) is 5.22. The number of carbonyl (C=O) groups is 1. The Balaban J connectivity index is 2.36. The first-order valence-corrected chi connectivity index (χ1v) is 6.72. The second kappa shape index (κ2) is 5.97. The molecule has 1 heterocycles. The van der Waals surface area contributed by atoms with Crippen LogP contribution in [0.4, 0.5) is 0 Å². The van der Waals surface area contributed by atoms with Crippen LogP contribution in [0.15, 0.2) is 44.0 Å². The van der Waals surface area contributed by atoms with Gasteiger partial charge in [0.2, 0.25) is 0 Å². The zero-order valence-electron chi connectivity index (χ0n) is 11.0. The van der Waals surface area contributed by atoms with E-state index in [9.17, 15) is 19.8 Å². The maximum absolute atomic E-state index is 12.0. The van der Waals surface area contributed by atoms with Crippen LogP contribution in [0.2, 0.25) is 0 Å². The van der Waals surface area contributed by atoms with Crippen molar-refractivity contribution in [2.45, 2.75) is 6.92 Å². The number of carbonyl (C=O) groups excluding carboxylic acids is 1. The van der Waals surface area contributed by atoms with Gasteiger partial charge in [0, 0.05) is 16.1 Å². The van der Waals surface area contributed by atoms with Gasteiger partial charge in [-0.1, -0.05) is 15.9 Å². The number of rotatable bonds is 3. The molecule has 0 aliphatic heterocycles. The Morgan fingerprint density at radius 2 is 1.95 bits per heavy atom. The molecule has 0 amide bonds. The van der Waals surface area contributed by atoms with E-state index in [-0.39, 0.29) is 11.5 Å². The summed E-state index contributed by atoms with van der Waals surface area (Å²) >= 11 is 3.24. The first-order valence-electron chi connectivity index (χ1n) is 5.93. The molecule has 5 nitrogen and oxygen atoms in total. The van der Waals surface area contributed by atoms with E-state index >= 15 is 0 Å². The lowest BCUT2D eigenvalue weighted by Gasteiger charge is -2.01. The van der Waals surface area contributed by atoms with Crippen molar-refractivity contribution in [1.29, 1.82) is 0 Å². The van der Waals surface area contributed by atoms with Crippen molar-refractivity contribution >= 4 is 27.8 Å². The van der Waals surface area contributed by atoms with Crippen molar-refractivity contribution in [3.05, 3.63) is 62.1 Å². The summed E-state index contributed by atoms with van der Waals surface area (Å²) in [5.74, 6) is -0.942. The van der Waals surface area contributed by atoms with Crippen LogP contribution >= 0.6 is 15.9 Å². The average molecular weight is 351 g/mol. The Bertz CT molecular complexity index is 789. The highest BCUT2D eigenvalue weighted by Gasteiger charge is 2.16. The van der Waals surface area contributed by atoms with E-state index in [4.69, 9.17) is 4.42 Å². The maximum Gasteiger partial charge on any atom is 0.351 e. The predicted molar refractivity (Wildman–Crippen MR) is 80.6 cm³/mol. The van der Waals surface area contributed by atoms with Crippen LogP contribution in [0, 0.1) is 6.92 Å². The molecule has 0 unspecified atom stereocenters. The third kappa shape index (κ3) is 3.41. The van der Waals surface area contributed by atoms with Crippen molar-refractivity contribution in [2.75, 3.05) is 0 Å². The molecule has 1 aromatic heterocycles. The number of hydrogen-bond acceptors (Lipinski definition) is 5. The molecule has 0 atom stereocenters. The lowest BCUT2D eigenvalue weighted by atomic mass is 10.1. The Kier molecular flexibility index (Phi) is 4.28. The molecule has 0 aliphatic carbocycles. The third-order valence-corrected chi connectivity index (χ3v) is 3.20. The third-order valence-electron chi connectivity index (χ3n) is 2.70. The Morgan fingerprint density at radius 3 is 2.62 bits per heavy atom. The van der Waals surface area contributed by atoms with Crippen LogP contribution in [0.25, 0.3) is 6.08 Å². The number of hydrogen-bond donors (Lipinski definition) is 2. The van der Waals surface area contributed by atoms with Gasteiger partial charge in [0.05, 0.1) is 0 Å². The minimum atomic E-state index is -0.902. The van der Waals surface area contributed by atoms with E-state index in [1.165, 1.54) is 25.1 Å². The SMILES string of the molecule is Cc1cc(O)c(C(=O)/C=C/c2cc(Br)ccc2O)c(=O)o1. The molecule has 2 aromatic rings. The van der Waals surface area contributed by atoms with Gasteiger partial charge in [0.25, 0.3) is 0 Å². The summed E-state index contributed by atoms with van der Waals surface area (Å²) in [6, 6.07) is 5.91. The van der Waals surface area contributed by atoms with E-state index in [1.807, 2.05) is 0 Å². The van der Waals surface area contributed by atoms with Crippen molar-refractivity contribution < 1.29 is 19.4 Å². The van der Waals surface area contributed by atoms with Gasteiger partial charge >= 0.3 is 5.63 Å². The molecule has 2 N–H and O–H groups in total. The number of benzene rings is 1. The minimum Gasteiger partial charge on any atom is -0.507 e. The van der Waals surface area contributed by atoms with E-state index in [0.717, 1.165) is 10.5 Å². The van der Waals surface area contributed by atoms with Gasteiger partial charge in [-0.25, -0.2) is 4.79 Å². The van der Waals surface area contributed by atoms with E-state index < -0.39 is 22.7 Å². The summed E-state index contributed by atoms with van der Waals surface area (Å²) < 4.78 is 5.50. The number of phenolic OH excluding ortho intramolecular Hbond substituents is 1. The largest absolute Gasteiger partial charge is 0.507 e.